The lowest BCUT2D eigenvalue weighted by atomic mass is 10.1. The molecule has 4 heterocycles. The van der Waals surface area contributed by atoms with Gasteiger partial charge in [-0.1, -0.05) is 16.5 Å². The van der Waals surface area contributed by atoms with Crippen LogP contribution in [0.1, 0.15) is 29.4 Å². The summed E-state index contributed by atoms with van der Waals surface area (Å²) in [6, 6.07) is 3.71. The summed E-state index contributed by atoms with van der Waals surface area (Å²) in [6.07, 6.45) is 5.42. The number of anilines is 1. The molecule has 9 nitrogen and oxygen atoms in total. The molecule has 1 unspecified atom stereocenters. The van der Waals surface area contributed by atoms with Crippen LogP contribution in [-0.4, -0.2) is 51.2 Å². The highest BCUT2D eigenvalue weighted by Gasteiger charge is 2.25. The van der Waals surface area contributed by atoms with E-state index in [9.17, 15) is 4.79 Å². The summed E-state index contributed by atoms with van der Waals surface area (Å²) in [4.78, 5) is 13.9. The minimum absolute atomic E-state index is 0.173. The predicted molar refractivity (Wildman–Crippen MR) is 91.5 cm³/mol. The Morgan fingerprint density at radius 2 is 2.32 bits per heavy atom. The number of aromatic nitrogens is 5. The third-order valence-corrected chi connectivity index (χ3v) is 5.19. The Hall–Kier alpha value is -2.75. The van der Waals surface area contributed by atoms with Gasteiger partial charge in [-0.15, -0.1) is 10.2 Å². The second-order valence-corrected chi connectivity index (χ2v) is 6.73. The zero-order chi connectivity index (χ0) is 17.2. The van der Waals surface area contributed by atoms with Gasteiger partial charge in [0, 0.05) is 32.4 Å². The maximum absolute atomic E-state index is 11.7. The first kappa shape index (κ1) is 15.8. The lowest BCUT2D eigenvalue weighted by molar-refractivity contribution is 0.0957. The monoisotopic (exact) mass is 359 g/mol. The number of hydrogen-bond acceptors (Lipinski definition) is 8. The van der Waals surface area contributed by atoms with E-state index in [1.807, 2.05) is 10.9 Å². The first-order valence-corrected chi connectivity index (χ1v) is 8.82. The maximum Gasteiger partial charge on any atom is 0.271 e. The largest absolute Gasteiger partial charge is 0.364 e. The molecule has 25 heavy (non-hydrogen) atoms. The number of hydrogen-bond donors (Lipinski definition) is 1. The minimum Gasteiger partial charge on any atom is -0.364 e. The van der Waals surface area contributed by atoms with Crippen LogP contribution in [0.4, 0.5) is 5.13 Å². The van der Waals surface area contributed by atoms with Crippen molar-refractivity contribution < 1.29 is 9.32 Å². The highest BCUT2D eigenvalue weighted by Crippen LogP contribution is 2.31. The van der Waals surface area contributed by atoms with Crippen molar-refractivity contribution in [2.45, 2.75) is 18.9 Å². The molecule has 1 fully saturated rings. The second kappa shape index (κ2) is 6.63. The van der Waals surface area contributed by atoms with Crippen LogP contribution >= 0.6 is 11.3 Å². The summed E-state index contributed by atoms with van der Waals surface area (Å²) in [5.41, 5.74) is 1.13. The maximum atomic E-state index is 11.7. The average Bonchev–Trinajstić information content (AvgIpc) is 3.42. The molecule has 130 valence electrons. The van der Waals surface area contributed by atoms with Gasteiger partial charge in [0.15, 0.2) is 5.01 Å². The van der Waals surface area contributed by atoms with Crippen molar-refractivity contribution in [2.24, 2.45) is 0 Å². The molecule has 10 heteroatoms. The minimum atomic E-state index is -0.173. The molecule has 1 aliphatic rings. The van der Waals surface area contributed by atoms with Gasteiger partial charge in [-0.05, 0) is 18.9 Å². The van der Waals surface area contributed by atoms with Gasteiger partial charge in [-0.3, -0.25) is 9.48 Å². The second-order valence-electron chi connectivity index (χ2n) is 5.78. The first-order valence-electron chi connectivity index (χ1n) is 8.01. The highest BCUT2D eigenvalue weighted by molar-refractivity contribution is 7.18. The third-order valence-electron chi connectivity index (χ3n) is 4.18. The van der Waals surface area contributed by atoms with Crippen LogP contribution in [0.2, 0.25) is 0 Å². The number of piperidine rings is 1. The topological polar surface area (TPSA) is 102 Å². The van der Waals surface area contributed by atoms with E-state index in [0.29, 0.717) is 11.4 Å². The Kier molecular flexibility index (Phi) is 4.18. The van der Waals surface area contributed by atoms with Crippen molar-refractivity contribution >= 4 is 22.4 Å². The fourth-order valence-corrected chi connectivity index (χ4v) is 3.75. The van der Waals surface area contributed by atoms with Crippen molar-refractivity contribution in [3.63, 3.8) is 0 Å². The Morgan fingerprint density at radius 1 is 1.40 bits per heavy atom. The van der Waals surface area contributed by atoms with Crippen LogP contribution in [-0.2, 0) is 0 Å². The molecule has 0 radical (unpaired) electrons. The van der Waals surface area contributed by atoms with E-state index in [4.69, 9.17) is 4.52 Å². The molecule has 0 aliphatic carbocycles. The lowest BCUT2D eigenvalue weighted by Crippen LogP contribution is -2.36. The van der Waals surface area contributed by atoms with Crippen LogP contribution < -0.4 is 10.2 Å². The molecule has 4 rings (SSSR count). The SMILES string of the molecule is CNC(=O)c1ccn(C2CCCN(c3nnc(-c4ccon4)s3)C2)n1. The van der Waals surface area contributed by atoms with Crippen molar-refractivity contribution in [1.29, 1.82) is 0 Å². The van der Waals surface area contributed by atoms with Gasteiger partial charge in [0.2, 0.25) is 5.13 Å². The van der Waals surface area contributed by atoms with E-state index in [2.05, 4.69) is 30.7 Å². The van der Waals surface area contributed by atoms with Gasteiger partial charge in [0.05, 0.1) is 6.04 Å². The number of nitrogens with one attached hydrogen (secondary N) is 1. The van der Waals surface area contributed by atoms with Crippen molar-refractivity contribution in [3.8, 4) is 10.7 Å². The molecular formula is C15H17N7O2S. The van der Waals surface area contributed by atoms with Crippen LogP contribution in [0.15, 0.2) is 29.1 Å². The Morgan fingerprint density at radius 3 is 3.12 bits per heavy atom. The fraction of sp³-hybridized carbons (Fsp3) is 0.400. The van der Waals surface area contributed by atoms with Gasteiger partial charge in [-0.2, -0.15) is 5.10 Å². The smallest absolute Gasteiger partial charge is 0.271 e. The normalized spacial score (nSPS) is 17.6. The van der Waals surface area contributed by atoms with E-state index in [0.717, 1.165) is 36.1 Å². The molecule has 1 N–H and O–H groups in total. The predicted octanol–water partition coefficient (Wildman–Crippen LogP) is 1.59. The number of nitrogens with zero attached hydrogens (tertiary/aromatic N) is 6. The van der Waals surface area contributed by atoms with Gasteiger partial charge >= 0.3 is 0 Å². The Labute approximate surface area is 147 Å². The quantitative estimate of drug-likeness (QED) is 0.754. The summed E-state index contributed by atoms with van der Waals surface area (Å²) in [7, 11) is 1.60. The van der Waals surface area contributed by atoms with E-state index in [1.165, 1.54) is 17.6 Å². The Balaban J connectivity index is 1.49. The molecule has 0 bridgehead atoms. The molecule has 0 aromatic carbocycles. The molecule has 0 spiro atoms. The van der Waals surface area contributed by atoms with Crippen molar-refractivity contribution in [2.75, 3.05) is 25.0 Å². The molecule has 1 saturated heterocycles. The van der Waals surface area contributed by atoms with Crippen LogP contribution in [0.25, 0.3) is 10.7 Å². The van der Waals surface area contributed by atoms with E-state index in [1.54, 1.807) is 19.2 Å². The molecule has 3 aromatic heterocycles. The molecule has 1 atom stereocenters. The summed E-state index contributed by atoms with van der Waals surface area (Å²) in [6.45, 7) is 1.70. The summed E-state index contributed by atoms with van der Waals surface area (Å²) in [5.74, 6) is -0.173. The average molecular weight is 359 g/mol. The van der Waals surface area contributed by atoms with Crippen LogP contribution in [0.5, 0.6) is 0 Å². The Bertz CT molecular complexity index is 857. The number of carbonyl (C=O) groups excluding carboxylic acids is 1. The van der Waals surface area contributed by atoms with Gasteiger partial charge in [0.25, 0.3) is 5.91 Å². The van der Waals surface area contributed by atoms with Crippen molar-refractivity contribution in [1.82, 2.24) is 30.5 Å². The van der Waals surface area contributed by atoms with Gasteiger partial charge in [-0.25, -0.2) is 0 Å². The third kappa shape index (κ3) is 3.12. The summed E-state index contributed by atoms with van der Waals surface area (Å²) >= 11 is 1.50. The molecule has 0 saturated carbocycles. The standard InChI is InChI=1S/C15H17N7O2S/c1-16-13(23)11-4-7-22(19-11)10-3-2-6-21(9-10)15-18-17-14(25-15)12-5-8-24-20-12/h4-5,7-8,10H,2-3,6,9H2,1H3,(H,16,23). The lowest BCUT2D eigenvalue weighted by Gasteiger charge is -2.32. The number of rotatable bonds is 4. The molecule has 1 aliphatic heterocycles. The first-order chi connectivity index (χ1) is 12.2. The number of amides is 1. The molecule has 3 aromatic rings. The fourth-order valence-electron chi connectivity index (χ4n) is 2.90. The van der Waals surface area contributed by atoms with Gasteiger partial charge < -0.3 is 14.7 Å². The van der Waals surface area contributed by atoms with Crippen LogP contribution in [0.3, 0.4) is 0 Å². The highest BCUT2D eigenvalue weighted by atomic mass is 32.1. The van der Waals surface area contributed by atoms with Crippen LogP contribution in [0, 0.1) is 0 Å². The summed E-state index contributed by atoms with van der Waals surface area (Å²) < 4.78 is 6.73. The zero-order valence-electron chi connectivity index (χ0n) is 13.6. The van der Waals surface area contributed by atoms with Crippen molar-refractivity contribution in [3.05, 3.63) is 30.3 Å². The zero-order valence-corrected chi connectivity index (χ0v) is 14.4. The summed E-state index contributed by atoms with van der Waals surface area (Å²) in [5, 5.41) is 21.0. The number of carbonyl (C=O) groups is 1. The van der Waals surface area contributed by atoms with E-state index in [-0.39, 0.29) is 11.9 Å². The van der Waals surface area contributed by atoms with E-state index >= 15 is 0 Å². The molecule has 1 amide bonds. The molecular weight excluding hydrogens is 342 g/mol. The van der Waals surface area contributed by atoms with E-state index < -0.39 is 0 Å². The van der Waals surface area contributed by atoms with Gasteiger partial charge in [0.1, 0.15) is 17.7 Å².